The van der Waals surface area contributed by atoms with Gasteiger partial charge in [0.15, 0.2) is 6.61 Å². The second kappa shape index (κ2) is 4.57. The highest BCUT2D eigenvalue weighted by Crippen LogP contribution is 2.49. The fourth-order valence-electron chi connectivity index (χ4n) is 2.70. The Kier molecular flexibility index (Phi) is 3.40. The van der Waals surface area contributed by atoms with E-state index in [1.165, 1.54) is 0 Å². The maximum atomic E-state index is 12.0. The molecule has 100 valence electrons. The molecule has 0 aromatic heterocycles. The third-order valence-electron chi connectivity index (χ3n) is 3.37. The van der Waals surface area contributed by atoms with E-state index in [0.29, 0.717) is 6.42 Å². The van der Waals surface area contributed by atoms with Crippen molar-refractivity contribution < 1.29 is 27.5 Å². The van der Waals surface area contributed by atoms with Crippen molar-refractivity contribution in [2.45, 2.75) is 12.6 Å². The molecule has 0 N–H and O–H groups in total. The molecular formula is C11H10ClF3O3. The minimum Gasteiger partial charge on any atom is -0.456 e. The van der Waals surface area contributed by atoms with Gasteiger partial charge in [-0.2, -0.15) is 13.2 Å². The summed E-state index contributed by atoms with van der Waals surface area (Å²) in [7, 11) is 0. The number of carbonyl (C=O) groups excluding carboxylic acids is 2. The summed E-state index contributed by atoms with van der Waals surface area (Å²) in [6.07, 6.45) is -0.484. The van der Waals surface area contributed by atoms with Crippen LogP contribution in [0.4, 0.5) is 13.2 Å². The zero-order chi connectivity index (χ0) is 13.5. The minimum absolute atomic E-state index is 0.163. The molecule has 4 atom stereocenters. The lowest BCUT2D eigenvalue weighted by molar-refractivity contribution is -0.190. The van der Waals surface area contributed by atoms with Crippen LogP contribution in [0.3, 0.4) is 0 Å². The average Bonchev–Trinajstić information content (AvgIpc) is 2.83. The summed E-state index contributed by atoms with van der Waals surface area (Å²) in [5.74, 6) is -3.05. The summed E-state index contributed by atoms with van der Waals surface area (Å²) in [5.41, 5.74) is 0. The van der Waals surface area contributed by atoms with Crippen LogP contribution in [0.1, 0.15) is 6.42 Å². The van der Waals surface area contributed by atoms with Crippen molar-refractivity contribution in [1.29, 1.82) is 0 Å². The van der Waals surface area contributed by atoms with E-state index in [9.17, 15) is 22.8 Å². The topological polar surface area (TPSA) is 43.4 Å². The molecule has 1 fully saturated rings. The Morgan fingerprint density at radius 3 is 2.28 bits per heavy atom. The quantitative estimate of drug-likeness (QED) is 0.453. The third-order valence-corrected chi connectivity index (χ3v) is 3.62. The van der Waals surface area contributed by atoms with Gasteiger partial charge in [0.05, 0.1) is 11.8 Å². The Morgan fingerprint density at radius 2 is 1.78 bits per heavy atom. The number of halogens is 4. The maximum Gasteiger partial charge on any atom is 0.422 e. The van der Waals surface area contributed by atoms with Crippen LogP contribution in [0.15, 0.2) is 12.2 Å². The number of fused-ring (bicyclic) bond motifs is 2. The highest BCUT2D eigenvalue weighted by molar-refractivity contribution is 6.64. The molecule has 7 heteroatoms. The third kappa shape index (κ3) is 2.53. The van der Waals surface area contributed by atoms with Crippen molar-refractivity contribution in [3.63, 3.8) is 0 Å². The van der Waals surface area contributed by atoms with E-state index < -0.39 is 35.8 Å². The van der Waals surface area contributed by atoms with Crippen molar-refractivity contribution in [3.05, 3.63) is 12.2 Å². The van der Waals surface area contributed by atoms with Crippen LogP contribution in [0.5, 0.6) is 0 Å². The van der Waals surface area contributed by atoms with Gasteiger partial charge in [-0.05, 0) is 29.9 Å². The van der Waals surface area contributed by atoms with Crippen LogP contribution in [-0.2, 0) is 14.3 Å². The highest BCUT2D eigenvalue weighted by Gasteiger charge is 2.52. The van der Waals surface area contributed by atoms with E-state index in [1.807, 2.05) is 0 Å². The minimum atomic E-state index is -4.57. The number of hydrogen-bond acceptors (Lipinski definition) is 3. The SMILES string of the molecule is O=C(OCC(F)(F)F)[C@@H]1[C@@H](C(=O)Cl)[C@H]2C=C[C@@H]1C2. The standard InChI is InChI=1S/C11H10ClF3O3/c12-9(16)7-5-1-2-6(3-5)8(7)10(17)18-4-11(13,14)15/h1-2,5-8H,3-4H2/t5-,6+,7-,8-/m0/s1. The number of carbonyl (C=O) groups is 2. The first-order valence-corrected chi connectivity index (χ1v) is 5.78. The summed E-state index contributed by atoms with van der Waals surface area (Å²) in [6, 6.07) is 0. The fourth-order valence-corrected chi connectivity index (χ4v) is 3.00. The van der Waals surface area contributed by atoms with Crippen molar-refractivity contribution in [3.8, 4) is 0 Å². The predicted molar refractivity (Wildman–Crippen MR) is 55.6 cm³/mol. The van der Waals surface area contributed by atoms with Gasteiger partial charge in [-0.3, -0.25) is 9.59 Å². The second-order valence-electron chi connectivity index (χ2n) is 4.53. The van der Waals surface area contributed by atoms with Gasteiger partial charge in [0.2, 0.25) is 5.24 Å². The molecule has 0 saturated heterocycles. The van der Waals surface area contributed by atoms with Crippen LogP contribution in [0, 0.1) is 23.7 Å². The molecule has 3 nitrogen and oxygen atoms in total. The Morgan fingerprint density at radius 1 is 1.22 bits per heavy atom. The van der Waals surface area contributed by atoms with Crippen molar-refractivity contribution in [2.75, 3.05) is 6.61 Å². The lowest BCUT2D eigenvalue weighted by atomic mass is 9.84. The molecule has 0 heterocycles. The Balaban J connectivity index is 2.05. The zero-order valence-electron chi connectivity index (χ0n) is 9.11. The number of ether oxygens (including phenoxy) is 1. The van der Waals surface area contributed by atoms with Gasteiger partial charge in [0.1, 0.15) is 0 Å². The average molecular weight is 283 g/mol. The van der Waals surface area contributed by atoms with E-state index in [-0.39, 0.29) is 11.8 Å². The molecule has 0 unspecified atom stereocenters. The van der Waals surface area contributed by atoms with E-state index in [4.69, 9.17) is 11.6 Å². The molecule has 2 aliphatic carbocycles. The summed E-state index contributed by atoms with van der Waals surface area (Å²) in [5, 5.41) is -0.694. The predicted octanol–water partition coefficient (Wildman–Crippen LogP) is 2.30. The Labute approximate surface area is 106 Å². The van der Waals surface area contributed by atoms with E-state index in [2.05, 4.69) is 4.74 Å². The molecular weight excluding hydrogens is 273 g/mol. The first-order chi connectivity index (χ1) is 8.29. The molecule has 2 rings (SSSR count). The van der Waals surface area contributed by atoms with Crippen molar-refractivity contribution in [2.24, 2.45) is 23.7 Å². The van der Waals surface area contributed by atoms with Crippen LogP contribution in [0.25, 0.3) is 0 Å². The van der Waals surface area contributed by atoms with Gasteiger partial charge in [0.25, 0.3) is 0 Å². The van der Waals surface area contributed by atoms with Gasteiger partial charge >= 0.3 is 12.1 Å². The molecule has 0 amide bonds. The van der Waals surface area contributed by atoms with Crippen molar-refractivity contribution >= 4 is 22.8 Å². The number of alkyl halides is 3. The van der Waals surface area contributed by atoms with Crippen LogP contribution < -0.4 is 0 Å². The highest BCUT2D eigenvalue weighted by atomic mass is 35.5. The summed E-state index contributed by atoms with van der Waals surface area (Å²) in [6.45, 7) is -1.63. The first kappa shape index (κ1) is 13.4. The Hall–Kier alpha value is -1.04. The lowest BCUT2D eigenvalue weighted by Crippen LogP contribution is -2.34. The van der Waals surface area contributed by atoms with Crippen LogP contribution in [-0.4, -0.2) is 24.0 Å². The fraction of sp³-hybridized carbons (Fsp3) is 0.636. The number of allylic oxidation sites excluding steroid dienone is 2. The molecule has 0 radical (unpaired) electrons. The zero-order valence-corrected chi connectivity index (χ0v) is 9.87. The molecule has 1 saturated carbocycles. The maximum absolute atomic E-state index is 12.0. The van der Waals surface area contributed by atoms with Gasteiger partial charge in [0, 0.05) is 0 Å². The van der Waals surface area contributed by atoms with E-state index >= 15 is 0 Å². The molecule has 2 aliphatic rings. The van der Waals surface area contributed by atoms with E-state index in [0.717, 1.165) is 0 Å². The first-order valence-electron chi connectivity index (χ1n) is 5.40. The van der Waals surface area contributed by atoms with Gasteiger partial charge < -0.3 is 4.74 Å². The summed E-state index contributed by atoms with van der Waals surface area (Å²) < 4.78 is 40.1. The number of hydrogen-bond donors (Lipinski definition) is 0. The normalized spacial score (nSPS) is 33.8. The number of esters is 1. The molecule has 0 aromatic rings. The van der Waals surface area contributed by atoms with E-state index in [1.54, 1.807) is 12.2 Å². The van der Waals surface area contributed by atoms with Crippen molar-refractivity contribution in [1.82, 2.24) is 0 Å². The Bertz CT molecular complexity index is 405. The van der Waals surface area contributed by atoms with Gasteiger partial charge in [-0.1, -0.05) is 12.2 Å². The lowest BCUT2D eigenvalue weighted by Gasteiger charge is -2.23. The monoisotopic (exact) mass is 282 g/mol. The second-order valence-corrected chi connectivity index (χ2v) is 4.90. The summed E-state index contributed by atoms with van der Waals surface area (Å²) >= 11 is 5.40. The van der Waals surface area contributed by atoms with Crippen LogP contribution >= 0.6 is 11.6 Å². The molecule has 2 bridgehead atoms. The summed E-state index contributed by atoms with van der Waals surface area (Å²) in [4.78, 5) is 22.9. The molecule has 0 aromatic carbocycles. The molecule has 0 aliphatic heterocycles. The van der Waals surface area contributed by atoms with Gasteiger partial charge in [-0.15, -0.1) is 0 Å². The molecule has 0 spiro atoms. The molecule has 18 heavy (non-hydrogen) atoms. The van der Waals surface area contributed by atoms with Gasteiger partial charge in [-0.25, -0.2) is 0 Å². The smallest absolute Gasteiger partial charge is 0.422 e. The van der Waals surface area contributed by atoms with Crippen LogP contribution in [0.2, 0.25) is 0 Å². The number of rotatable bonds is 3. The largest absolute Gasteiger partial charge is 0.456 e.